The van der Waals surface area contributed by atoms with Crippen LogP contribution < -0.4 is 5.73 Å². The van der Waals surface area contributed by atoms with Gasteiger partial charge >= 0.3 is 0 Å². The number of thioether (sulfide) groups is 1. The van der Waals surface area contributed by atoms with E-state index in [9.17, 15) is 4.39 Å². The molecule has 2 N–H and O–H groups in total. The van der Waals surface area contributed by atoms with Crippen LogP contribution in [0.4, 0.5) is 4.39 Å². The van der Waals surface area contributed by atoms with Crippen molar-refractivity contribution in [2.45, 2.75) is 36.2 Å². The van der Waals surface area contributed by atoms with Crippen LogP contribution in [0.15, 0.2) is 24.3 Å². The summed E-state index contributed by atoms with van der Waals surface area (Å²) in [7, 11) is 0. The van der Waals surface area contributed by atoms with Crippen molar-refractivity contribution in [2.24, 2.45) is 5.73 Å². The van der Waals surface area contributed by atoms with E-state index in [2.05, 4.69) is 0 Å². The van der Waals surface area contributed by atoms with E-state index in [1.165, 1.54) is 31.7 Å². The Morgan fingerprint density at radius 3 is 2.62 bits per heavy atom. The number of hydrogen-bond acceptors (Lipinski definition) is 2. The summed E-state index contributed by atoms with van der Waals surface area (Å²) in [5, 5.41) is 0.789. The van der Waals surface area contributed by atoms with Gasteiger partial charge in [0.15, 0.2) is 0 Å². The average molecular weight is 239 g/mol. The summed E-state index contributed by atoms with van der Waals surface area (Å²) in [4.78, 5) is 0. The smallest absolute Gasteiger partial charge is 0.127 e. The molecule has 0 heterocycles. The molecule has 1 unspecified atom stereocenters. The molecule has 0 spiro atoms. The summed E-state index contributed by atoms with van der Waals surface area (Å²) >= 11 is 1.85. The molecule has 88 valence electrons. The Morgan fingerprint density at radius 1 is 1.31 bits per heavy atom. The van der Waals surface area contributed by atoms with Crippen LogP contribution in [-0.2, 0) is 0 Å². The lowest BCUT2D eigenvalue weighted by atomic mass is 10.1. The van der Waals surface area contributed by atoms with Gasteiger partial charge in [0.05, 0.1) is 0 Å². The average Bonchev–Trinajstić information content (AvgIpc) is 2.80. The number of hydrogen-bond donors (Lipinski definition) is 1. The van der Waals surface area contributed by atoms with E-state index in [1.807, 2.05) is 23.9 Å². The maximum atomic E-state index is 13.6. The minimum Gasteiger partial charge on any atom is -0.329 e. The van der Waals surface area contributed by atoms with Gasteiger partial charge < -0.3 is 5.73 Å². The van der Waals surface area contributed by atoms with Crippen molar-refractivity contribution in [3.63, 3.8) is 0 Å². The summed E-state index contributed by atoms with van der Waals surface area (Å²) in [6, 6.07) is 6.99. The molecule has 1 aromatic rings. The van der Waals surface area contributed by atoms with Crippen molar-refractivity contribution in [2.75, 3.05) is 6.54 Å². The highest BCUT2D eigenvalue weighted by molar-refractivity contribution is 8.00. The van der Waals surface area contributed by atoms with E-state index in [1.54, 1.807) is 6.07 Å². The van der Waals surface area contributed by atoms with E-state index in [4.69, 9.17) is 5.73 Å². The fourth-order valence-electron chi connectivity index (χ4n) is 2.25. The van der Waals surface area contributed by atoms with Gasteiger partial charge in [0.2, 0.25) is 0 Å². The van der Waals surface area contributed by atoms with Gasteiger partial charge in [0, 0.05) is 22.6 Å². The Kier molecular flexibility index (Phi) is 4.24. The molecule has 0 aliphatic heterocycles. The van der Waals surface area contributed by atoms with Gasteiger partial charge in [0.1, 0.15) is 5.82 Å². The molecule has 1 aliphatic rings. The molecule has 0 aromatic heterocycles. The van der Waals surface area contributed by atoms with Crippen molar-refractivity contribution in [3.05, 3.63) is 35.6 Å². The highest BCUT2D eigenvalue weighted by atomic mass is 32.2. The number of nitrogens with two attached hydrogens (primary N) is 1. The van der Waals surface area contributed by atoms with Crippen molar-refractivity contribution in [1.29, 1.82) is 0 Å². The quantitative estimate of drug-likeness (QED) is 0.870. The normalized spacial score (nSPS) is 18.9. The second kappa shape index (κ2) is 5.69. The lowest BCUT2D eigenvalue weighted by Gasteiger charge is -2.19. The van der Waals surface area contributed by atoms with E-state index < -0.39 is 0 Å². The summed E-state index contributed by atoms with van der Waals surface area (Å²) in [5.41, 5.74) is 6.53. The molecule has 0 saturated heterocycles. The third-order valence-corrected chi connectivity index (χ3v) is 4.76. The van der Waals surface area contributed by atoms with E-state index in [0.29, 0.717) is 11.8 Å². The van der Waals surface area contributed by atoms with Gasteiger partial charge in [-0.2, -0.15) is 0 Å². The second-order valence-electron chi connectivity index (χ2n) is 4.29. The first-order valence-electron chi connectivity index (χ1n) is 5.91. The number of halogens is 1. The maximum absolute atomic E-state index is 13.6. The lowest BCUT2D eigenvalue weighted by Crippen LogP contribution is -2.13. The molecular weight excluding hydrogens is 221 g/mol. The summed E-state index contributed by atoms with van der Waals surface area (Å²) < 4.78 is 13.6. The summed E-state index contributed by atoms with van der Waals surface area (Å²) in [6.07, 6.45) is 5.14. The molecule has 1 aliphatic carbocycles. The minimum absolute atomic E-state index is 0.115. The lowest BCUT2D eigenvalue weighted by molar-refractivity contribution is 0.607. The van der Waals surface area contributed by atoms with Crippen molar-refractivity contribution in [3.8, 4) is 0 Å². The topological polar surface area (TPSA) is 26.0 Å². The van der Waals surface area contributed by atoms with Gasteiger partial charge in [-0.25, -0.2) is 4.39 Å². The summed E-state index contributed by atoms with van der Waals surface area (Å²) in [5.74, 6) is -0.122. The van der Waals surface area contributed by atoms with Gasteiger partial charge in [-0.05, 0) is 18.9 Å². The molecule has 16 heavy (non-hydrogen) atoms. The SMILES string of the molecule is NCC(SC1CCCC1)c1ccccc1F. The fourth-order valence-corrected chi connectivity index (χ4v) is 3.77. The van der Waals surface area contributed by atoms with Crippen LogP contribution in [0, 0.1) is 5.82 Å². The summed E-state index contributed by atoms with van der Waals surface area (Å²) in [6.45, 7) is 0.516. The Hall–Kier alpha value is -0.540. The molecule has 1 atom stereocenters. The molecule has 1 nitrogen and oxygen atoms in total. The van der Waals surface area contributed by atoms with Crippen molar-refractivity contribution < 1.29 is 4.39 Å². The van der Waals surface area contributed by atoms with Crippen molar-refractivity contribution in [1.82, 2.24) is 0 Å². The van der Waals surface area contributed by atoms with Crippen LogP contribution in [0.3, 0.4) is 0 Å². The van der Waals surface area contributed by atoms with Crippen LogP contribution in [0.25, 0.3) is 0 Å². The zero-order valence-electron chi connectivity index (χ0n) is 9.36. The van der Waals surface area contributed by atoms with Crippen molar-refractivity contribution >= 4 is 11.8 Å². The first-order chi connectivity index (χ1) is 7.81. The number of benzene rings is 1. The molecule has 1 fully saturated rings. The second-order valence-corrected chi connectivity index (χ2v) is 5.80. The first-order valence-corrected chi connectivity index (χ1v) is 6.85. The highest BCUT2D eigenvalue weighted by Crippen LogP contribution is 2.39. The molecule has 1 aromatic carbocycles. The first kappa shape index (κ1) is 11.9. The van der Waals surface area contributed by atoms with Gasteiger partial charge in [0.25, 0.3) is 0 Å². The van der Waals surface area contributed by atoms with Crippen LogP contribution in [0.1, 0.15) is 36.5 Å². The molecule has 0 amide bonds. The Labute approximate surface area is 101 Å². The van der Waals surface area contributed by atoms with Crippen LogP contribution >= 0.6 is 11.8 Å². The standard InChI is InChI=1S/C13H18FNS/c14-12-8-4-3-7-11(12)13(9-15)16-10-5-1-2-6-10/h3-4,7-8,10,13H,1-2,5-6,9,15H2. The Balaban J connectivity index is 2.06. The van der Waals surface area contributed by atoms with Crippen LogP contribution in [0.2, 0.25) is 0 Å². The maximum Gasteiger partial charge on any atom is 0.127 e. The molecule has 1 saturated carbocycles. The van der Waals surface area contributed by atoms with Crippen LogP contribution in [0.5, 0.6) is 0 Å². The molecule has 0 radical (unpaired) electrons. The predicted octanol–water partition coefficient (Wildman–Crippen LogP) is 3.50. The monoisotopic (exact) mass is 239 g/mol. The van der Waals surface area contributed by atoms with Gasteiger partial charge in [-0.3, -0.25) is 0 Å². The molecule has 2 rings (SSSR count). The Morgan fingerprint density at radius 2 is 2.00 bits per heavy atom. The molecular formula is C13H18FNS. The minimum atomic E-state index is -0.122. The zero-order valence-corrected chi connectivity index (χ0v) is 10.2. The van der Waals surface area contributed by atoms with Crippen LogP contribution in [-0.4, -0.2) is 11.8 Å². The van der Waals surface area contributed by atoms with E-state index in [-0.39, 0.29) is 11.1 Å². The van der Waals surface area contributed by atoms with Gasteiger partial charge in [-0.1, -0.05) is 31.0 Å². The molecule has 3 heteroatoms. The third-order valence-electron chi connectivity index (χ3n) is 3.13. The van der Waals surface area contributed by atoms with E-state index >= 15 is 0 Å². The predicted molar refractivity (Wildman–Crippen MR) is 68.0 cm³/mol. The Bertz CT molecular complexity index is 336. The highest BCUT2D eigenvalue weighted by Gasteiger charge is 2.22. The van der Waals surface area contributed by atoms with E-state index in [0.717, 1.165) is 5.56 Å². The molecule has 0 bridgehead atoms. The third kappa shape index (κ3) is 2.77. The number of rotatable bonds is 4. The largest absolute Gasteiger partial charge is 0.329 e. The zero-order chi connectivity index (χ0) is 11.4. The fraction of sp³-hybridized carbons (Fsp3) is 0.538. The van der Waals surface area contributed by atoms with Gasteiger partial charge in [-0.15, -0.1) is 11.8 Å².